The summed E-state index contributed by atoms with van der Waals surface area (Å²) in [7, 11) is 0. The fourth-order valence-electron chi connectivity index (χ4n) is 3.28. The number of carbonyl (C=O) groups excluding carboxylic acids is 1. The number of hydrogen-bond acceptors (Lipinski definition) is 7. The zero-order chi connectivity index (χ0) is 19.8. The molecule has 0 aliphatic heterocycles. The van der Waals surface area contributed by atoms with Crippen LogP contribution in [0.15, 0.2) is 4.34 Å². The molecule has 2 aromatic rings. The lowest BCUT2D eigenvalue weighted by molar-refractivity contribution is -0.115. The number of aromatic nitrogens is 2. The molecule has 8 heteroatoms. The lowest BCUT2D eigenvalue weighted by atomic mass is 9.72. The van der Waals surface area contributed by atoms with Crippen molar-refractivity contribution in [3.63, 3.8) is 0 Å². The molecule has 0 spiro atoms. The summed E-state index contributed by atoms with van der Waals surface area (Å²) in [6, 6.07) is 2.32. The van der Waals surface area contributed by atoms with Gasteiger partial charge in [0.05, 0.1) is 10.8 Å². The van der Waals surface area contributed by atoms with Gasteiger partial charge in [0, 0.05) is 4.88 Å². The quantitative estimate of drug-likeness (QED) is 0.700. The number of thioether (sulfide) groups is 1. The van der Waals surface area contributed by atoms with Crippen LogP contribution in [0.5, 0.6) is 0 Å². The third-order valence-corrected chi connectivity index (χ3v) is 8.19. The first-order chi connectivity index (χ1) is 12.7. The number of nitrogens with one attached hydrogen (secondary N) is 1. The number of rotatable bonds is 4. The van der Waals surface area contributed by atoms with Crippen LogP contribution in [0, 0.1) is 29.6 Å². The van der Waals surface area contributed by atoms with E-state index in [1.54, 1.807) is 11.3 Å². The van der Waals surface area contributed by atoms with Crippen molar-refractivity contribution < 1.29 is 4.79 Å². The predicted molar refractivity (Wildman–Crippen MR) is 113 cm³/mol. The Kier molecular flexibility index (Phi) is 5.94. The van der Waals surface area contributed by atoms with Crippen LogP contribution in [-0.4, -0.2) is 21.4 Å². The average Bonchev–Trinajstić information content (AvgIpc) is 3.15. The predicted octanol–water partition coefficient (Wildman–Crippen LogP) is 5.05. The molecule has 2 heterocycles. The van der Waals surface area contributed by atoms with E-state index in [2.05, 4.69) is 42.4 Å². The van der Waals surface area contributed by atoms with Gasteiger partial charge in [-0.05, 0) is 50.0 Å². The van der Waals surface area contributed by atoms with Gasteiger partial charge in [0.25, 0.3) is 0 Å². The molecule has 5 nitrogen and oxygen atoms in total. The van der Waals surface area contributed by atoms with E-state index in [-0.39, 0.29) is 16.6 Å². The molecule has 2 atom stereocenters. The van der Waals surface area contributed by atoms with Crippen LogP contribution in [0.1, 0.15) is 55.1 Å². The Morgan fingerprint density at radius 3 is 2.70 bits per heavy atom. The van der Waals surface area contributed by atoms with Crippen LogP contribution < -0.4 is 5.32 Å². The van der Waals surface area contributed by atoms with Crippen molar-refractivity contribution in [2.75, 3.05) is 5.32 Å². The minimum absolute atomic E-state index is 0.102. The van der Waals surface area contributed by atoms with Crippen molar-refractivity contribution in [1.82, 2.24) is 10.2 Å². The van der Waals surface area contributed by atoms with Crippen molar-refractivity contribution in [2.24, 2.45) is 11.3 Å². The Morgan fingerprint density at radius 1 is 1.37 bits per heavy atom. The molecule has 0 saturated heterocycles. The molecule has 0 aromatic carbocycles. The SMILES string of the molecule is Cc1nnc(SC(C)C(=O)Nc2sc3c(c2C#N)CCC(C(C)(C)C)C3)s1. The summed E-state index contributed by atoms with van der Waals surface area (Å²) < 4.78 is 0.786. The summed E-state index contributed by atoms with van der Waals surface area (Å²) in [6.45, 7) is 10.6. The number of hydrogen-bond donors (Lipinski definition) is 1. The van der Waals surface area contributed by atoms with Gasteiger partial charge in [0.15, 0.2) is 4.34 Å². The maximum absolute atomic E-state index is 12.6. The van der Waals surface area contributed by atoms with E-state index >= 15 is 0 Å². The van der Waals surface area contributed by atoms with Crippen LogP contribution in [0.3, 0.4) is 0 Å². The number of anilines is 1. The molecule has 0 saturated carbocycles. The van der Waals surface area contributed by atoms with Crippen molar-refractivity contribution in [3.05, 3.63) is 21.0 Å². The van der Waals surface area contributed by atoms with Gasteiger partial charge in [-0.2, -0.15) is 5.26 Å². The first-order valence-electron chi connectivity index (χ1n) is 9.01. The molecule has 1 N–H and O–H groups in total. The van der Waals surface area contributed by atoms with Gasteiger partial charge in [-0.3, -0.25) is 4.79 Å². The second-order valence-electron chi connectivity index (χ2n) is 7.96. The monoisotopic (exact) mass is 420 g/mol. The van der Waals surface area contributed by atoms with Gasteiger partial charge in [0.1, 0.15) is 16.1 Å². The Hall–Kier alpha value is -1.43. The van der Waals surface area contributed by atoms with E-state index in [0.29, 0.717) is 16.5 Å². The maximum atomic E-state index is 12.6. The van der Waals surface area contributed by atoms with Crippen LogP contribution in [0.4, 0.5) is 5.00 Å². The molecule has 0 radical (unpaired) electrons. The molecule has 27 heavy (non-hydrogen) atoms. The minimum atomic E-state index is -0.301. The first kappa shape index (κ1) is 20.3. The maximum Gasteiger partial charge on any atom is 0.238 e. The number of amides is 1. The molecule has 2 aromatic heterocycles. The highest BCUT2D eigenvalue weighted by Crippen LogP contribution is 2.44. The Balaban J connectivity index is 1.74. The average molecular weight is 421 g/mol. The number of aryl methyl sites for hydroxylation is 1. The highest BCUT2D eigenvalue weighted by Gasteiger charge is 2.32. The van der Waals surface area contributed by atoms with Crippen LogP contribution in [-0.2, 0) is 17.6 Å². The number of thiophene rings is 1. The van der Waals surface area contributed by atoms with Crippen molar-refractivity contribution in [3.8, 4) is 6.07 Å². The number of nitrogens with zero attached hydrogens (tertiary/aromatic N) is 3. The highest BCUT2D eigenvalue weighted by atomic mass is 32.2. The summed E-state index contributed by atoms with van der Waals surface area (Å²) in [5.41, 5.74) is 2.04. The molecule has 1 aliphatic carbocycles. The van der Waals surface area contributed by atoms with Gasteiger partial charge in [0.2, 0.25) is 5.91 Å². The summed E-state index contributed by atoms with van der Waals surface area (Å²) >= 11 is 4.45. The van der Waals surface area contributed by atoms with Gasteiger partial charge in [-0.1, -0.05) is 43.9 Å². The highest BCUT2D eigenvalue weighted by molar-refractivity contribution is 8.02. The fourth-order valence-corrected chi connectivity index (χ4v) is 6.52. The normalized spacial score (nSPS) is 17.9. The molecule has 0 bridgehead atoms. The zero-order valence-electron chi connectivity index (χ0n) is 16.3. The van der Waals surface area contributed by atoms with E-state index in [4.69, 9.17) is 0 Å². The van der Waals surface area contributed by atoms with E-state index in [0.717, 1.165) is 34.2 Å². The van der Waals surface area contributed by atoms with E-state index in [1.807, 2.05) is 13.8 Å². The van der Waals surface area contributed by atoms with Gasteiger partial charge < -0.3 is 5.32 Å². The van der Waals surface area contributed by atoms with E-state index in [9.17, 15) is 10.1 Å². The van der Waals surface area contributed by atoms with Crippen LogP contribution in [0.25, 0.3) is 0 Å². The molecule has 144 valence electrons. The zero-order valence-corrected chi connectivity index (χ0v) is 18.7. The summed E-state index contributed by atoms with van der Waals surface area (Å²) in [5.74, 6) is 0.504. The van der Waals surface area contributed by atoms with Gasteiger partial charge in [-0.15, -0.1) is 21.5 Å². The number of fused-ring (bicyclic) bond motifs is 1. The Bertz CT molecular complexity index is 888. The summed E-state index contributed by atoms with van der Waals surface area (Å²) in [6.07, 6.45) is 3.00. The second kappa shape index (κ2) is 7.90. The van der Waals surface area contributed by atoms with Crippen molar-refractivity contribution in [1.29, 1.82) is 5.26 Å². The molecule has 2 unspecified atom stereocenters. The van der Waals surface area contributed by atoms with Crippen molar-refractivity contribution >= 4 is 45.3 Å². The third-order valence-electron chi connectivity index (χ3n) is 4.99. The molecule has 1 amide bonds. The minimum Gasteiger partial charge on any atom is -0.316 e. The molecule has 3 rings (SSSR count). The van der Waals surface area contributed by atoms with Crippen molar-refractivity contribution in [2.45, 2.75) is 63.5 Å². The molecular weight excluding hydrogens is 396 g/mol. The smallest absolute Gasteiger partial charge is 0.238 e. The topological polar surface area (TPSA) is 78.7 Å². The molecule has 0 fully saturated rings. The van der Waals surface area contributed by atoms with Gasteiger partial charge in [-0.25, -0.2) is 0 Å². The van der Waals surface area contributed by atoms with Gasteiger partial charge >= 0.3 is 0 Å². The van der Waals surface area contributed by atoms with E-state index in [1.165, 1.54) is 28.0 Å². The lowest BCUT2D eigenvalue weighted by Gasteiger charge is -2.33. The standard InChI is InChI=1S/C19H24N4OS3/c1-10(25-18-23-22-11(2)26-18)16(24)21-17-14(9-20)13-7-6-12(19(3,4)5)8-15(13)27-17/h10,12H,6-8H2,1-5H3,(H,21,24). The first-order valence-corrected chi connectivity index (χ1v) is 11.5. The Labute approximate surface area is 172 Å². The lowest BCUT2D eigenvalue weighted by Crippen LogP contribution is -2.26. The largest absolute Gasteiger partial charge is 0.316 e. The third kappa shape index (κ3) is 4.53. The second-order valence-corrected chi connectivity index (χ2v) is 11.8. The summed E-state index contributed by atoms with van der Waals surface area (Å²) in [4.78, 5) is 13.9. The number of carbonyl (C=O) groups is 1. The molecule has 1 aliphatic rings. The van der Waals surface area contributed by atoms with Crippen LogP contribution in [0.2, 0.25) is 0 Å². The fraction of sp³-hybridized carbons (Fsp3) is 0.579. The number of nitriles is 1. The Morgan fingerprint density at radius 2 is 2.11 bits per heavy atom. The molecular formula is C19H24N4OS3. The summed E-state index contributed by atoms with van der Waals surface area (Å²) in [5, 5.41) is 22.0. The van der Waals surface area contributed by atoms with Crippen LogP contribution >= 0.6 is 34.4 Å². The van der Waals surface area contributed by atoms with E-state index < -0.39 is 0 Å².